The first-order valence-electron chi connectivity index (χ1n) is 7.00. The van der Waals surface area contributed by atoms with E-state index >= 15 is 0 Å². The van der Waals surface area contributed by atoms with E-state index in [4.69, 9.17) is 9.47 Å². The molecule has 0 radical (unpaired) electrons. The summed E-state index contributed by atoms with van der Waals surface area (Å²) in [6.07, 6.45) is 0.806. The summed E-state index contributed by atoms with van der Waals surface area (Å²) in [7, 11) is 1.64. The minimum Gasteiger partial charge on any atom is -0.497 e. The molecular weight excluding hydrogens is 269 g/mol. The third-order valence-corrected chi connectivity index (χ3v) is 3.09. The number of benzene rings is 2. The second kappa shape index (κ2) is 8.27. The van der Waals surface area contributed by atoms with Crippen molar-refractivity contribution in [2.45, 2.75) is 6.42 Å². The largest absolute Gasteiger partial charge is 0.497 e. The fourth-order valence-electron chi connectivity index (χ4n) is 1.96. The van der Waals surface area contributed by atoms with Crippen molar-refractivity contribution in [1.82, 2.24) is 5.32 Å². The number of halogens is 1. The van der Waals surface area contributed by atoms with Gasteiger partial charge in [0.15, 0.2) is 0 Å². The molecule has 0 unspecified atom stereocenters. The molecule has 0 heterocycles. The summed E-state index contributed by atoms with van der Waals surface area (Å²) < 4.78 is 23.7. The summed E-state index contributed by atoms with van der Waals surface area (Å²) in [6, 6.07) is 14.2. The molecule has 0 aliphatic heterocycles. The highest BCUT2D eigenvalue weighted by Gasteiger charge is 1.97. The SMILES string of the molecule is COc1ccc(OCCNCCc2cccc(F)c2)cc1. The lowest BCUT2D eigenvalue weighted by Gasteiger charge is -2.08. The van der Waals surface area contributed by atoms with E-state index in [0.29, 0.717) is 6.61 Å². The first-order chi connectivity index (χ1) is 10.3. The van der Waals surface area contributed by atoms with Crippen molar-refractivity contribution in [3.05, 3.63) is 59.9 Å². The van der Waals surface area contributed by atoms with Gasteiger partial charge in [-0.15, -0.1) is 0 Å². The molecular formula is C17H20FNO2. The minimum absolute atomic E-state index is 0.185. The number of rotatable bonds is 8. The van der Waals surface area contributed by atoms with Gasteiger partial charge in [-0.25, -0.2) is 4.39 Å². The van der Waals surface area contributed by atoms with Crippen LogP contribution in [0.2, 0.25) is 0 Å². The van der Waals surface area contributed by atoms with Gasteiger partial charge in [0.05, 0.1) is 7.11 Å². The van der Waals surface area contributed by atoms with Crippen LogP contribution in [0.3, 0.4) is 0 Å². The average Bonchev–Trinajstić information content (AvgIpc) is 2.51. The molecule has 0 fully saturated rings. The van der Waals surface area contributed by atoms with Gasteiger partial charge in [0, 0.05) is 6.54 Å². The summed E-state index contributed by atoms with van der Waals surface area (Å²) in [5.74, 6) is 1.45. The predicted octanol–water partition coefficient (Wildman–Crippen LogP) is 3.05. The number of hydrogen-bond donors (Lipinski definition) is 1. The molecule has 21 heavy (non-hydrogen) atoms. The number of methoxy groups -OCH3 is 1. The highest BCUT2D eigenvalue weighted by molar-refractivity contribution is 5.31. The molecule has 1 N–H and O–H groups in total. The van der Waals surface area contributed by atoms with Crippen LogP contribution in [0.4, 0.5) is 4.39 Å². The van der Waals surface area contributed by atoms with Crippen molar-refractivity contribution in [3.8, 4) is 11.5 Å². The van der Waals surface area contributed by atoms with Crippen molar-refractivity contribution in [2.24, 2.45) is 0 Å². The van der Waals surface area contributed by atoms with Gasteiger partial charge in [-0.3, -0.25) is 0 Å². The normalized spacial score (nSPS) is 10.4. The lowest BCUT2D eigenvalue weighted by Crippen LogP contribution is -2.23. The maximum absolute atomic E-state index is 13.0. The zero-order valence-electron chi connectivity index (χ0n) is 12.1. The Kier molecular flexibility index (Phi) is 6.03. The Morgan fingerprint density at radius 1 is 1.00 bits per heavy atom. The van der Waals surface area contributed by atoms with Gasteiger partial charge in [0.25, 0.3) is 0 Å². The Hall–Kier alpha value is -2.07. The predicted molar refractivity (Wildman–Crippen MR) is 81.5 cm³/mol. The quantitative estimate of drug-likeness (QED) is 0.758. The third-order valence-electron chi connectivity index (χ3n) is 3.09. The first-order valence-corrected chi connectivity index (χ1v) is 7.00. The van der Waals surface area contributed by atoms with E-state index in [1.54, 1.807) is 19.2 Å². The summed E-state index contributed by atoms with van der Waals surface area (Å²) in [6.45, 7) is 2.15. The van der Waals surface area contributed by atoms with Crippen molar-refractivity contribution in [1.29, 1.82) is 0 Å². The average molecular weight is 289 g/mol. The number of hydrogen-bond acceptors (Lipinski definition) is 3. The molecule has 0 aliphatic carbocycles. The Morgan fingerprint density at radius 3 is 2.48 bits per heavy atom. The van der Waals surface area contributed by atoms with Crippen molar-refractivity contribution < 1.29 is 13.9 Å². The van der Waals surface area contributed by atoms with Crippen LogP contribution in [0.5, 0.6) is 11.5 Å². The summed E-state index contributed by atoms with van der Waals surface area (Å²) >= 11 is 0. The van der Waals surface area contributed by atoms with Gasteiger partial charge in [0.2, 0.25) is 0 Å². The van der Waals surface area contributed by atoms with Crippen LogP contribution < -0.4 is 14.8 Å². The Bertz CT molecular complexity index is 543. The summed E-state index contributed by atoms with van der Waals surface area (Å²) in [5.41, 5.74) is 0.999. The lowest BCUT2D eigenvalue weighted by atomic mass is 10.1. The van der Waals surface area contributed by atoms with Gasteiger partial charge in [-0.1, -0.05) is 12.1 Å². The smallest absolute Gasteiger partial charge is 0.123 e. The Morgan fingerprint density at radius 2 is 1.76 bits per heavy atom. The lowest BCUT2D eigenvalue weighted by molar-refractivity contribution is 0.313. The zero-order valence-corrected chi connectivity index (χ0v) is 12.1. The van der Waals surface area contributed by atoms with Crippen LogP contribution in [0, 0.1) is 5.82 Å². The molecule has 4 heteroatoms. The first kappa shape index (κ1) is 15.3. The van der Waals surface area contributed by atoms with E-state index in [1.165, 1.54) is 6.07 Å². The third kappa shape index (κ3) is 5.44. The monoisotopic (exact) mass is 289 g/mol. The van der Waals surface area contributed by atoms with Crippen LogP contribution in [0.15, 0.2) is 48.5 Å². The Balaban J connectivity index is 1.59. The van der Waals surface area contributed by atoms with E-state index in [0.717, 1.165) is 36.6 Å². The van der Waals surface area contributed by atoms with E-state index < -0.39 is 0 Å². The molecule has 2 aromatic rings. The molecule has 0 atom stereocenters. The van der Waals surface area contributed by atoms with Crippen molar-refractivity contribution >= 4 is 0 Å². The van der Waals surface area contributed by atoms with Crippen LogP contribution >= 0.6 is 0 Å². The van der Waals surface area contributed by atoms with Gasteiger partial charge >= 0.3 is 0 Å². The molecule has 0 aliphatic rings. The maximum Gasteiger partial charge on any atom is 0.123 e. The Labute approximate surface area is 124 Å². The second-order valence-electron chi connectivity index (χ2n) is 4.65. The second-order valence-corrected chi connectivity index (χ2v) is 4.65. The molecule has 0 aromatic heterocycles. The summed E-state index contributed by atoms with van der Waals surface area (Å²) in [5, 5.41) is 3.27. The van der Waals surface area contributed by atoms with Gasteiger partial charge in [0.1, 0.15) is 23.9 Å². The van der Waals surface area contributed by atoms with E-state index in [-0.39, 0.29) is 5.82 Å². The molecule has 0 bridgehead atoms. The number of ether oxygens (including phenoxy) is 2. The van der Waals surface area contributed by atoms with E-state index in [2.05, 4.69) is 5.32 Å². The molecule has 112 valence electrons. The standard InChI is InChI=1S/C17H20FNO2/c1-20-16-5-7-17(8-6-16)21-12-11-19-10-9-14-3-2-4-15(18)13-14/h2-8,13,19H,9-12H2,1H3. The summed E-state index contributed by atoms with van der Waals surface area (Å²) in [4.78, 5) is 0. The van der Waals surface area contributed by atoms with Crippen LogP contribution in [0.25, 0.3) is 0 Å². The molecule has 3 nitrogen and oxygen atoms in total. The van der Waals surface area contributed by atoms with E-state index in [1.807, 2.05) is 30.3 Å². The van der Waals surface area contributed by atoms with Crippen LogP contribution in [-0.2, 0) is 6.42 Å². The number of nitrogens with one attached hydrogen (secondary N) is 1. The zero-order chi connectivity index (χ0) is 14.9. The van der Waals surface area contributed by atoms with Crippen LogP contribution in [-0.4, -0.2) is 26.8 Å². The highest BCUT2D eigenvalue weighted by atomic mass is 19.1. The molecule has 0 spiro atoms. The molecule has 0 saturated heterocycles. The minimum atomic E-state index is -0.185. The fourth-order valence-corrected chi connectivity index (χ4v) is 1.96. The van der Waals surface area contributed by atoms with Crippen molar-refractivity contribution in [2.75, 3.05) is 26.8 Å². The fraction of sp³-hybridized carbons (Fsp3) is 0.294. The van der Waals surface area contributed by atoms with Crippen LogP contribution in [0.1, 0.15) is 5.56 Å². The molecule has 0 saturated carbocycles. The maximum atomic E-state index is 13.0. The molecule has 0 amide bonds. The highest BCUT2D eigenvalue weighted by Crippen LogP contribution is 2.16. The van der Waals surface area contributed by atoms with E-state index in [9.17, 15) is 4.39 Å². The molecule has 2 rings (SSSR count). The van der Waals surface area contributed by atoms with Gasteiger partial charge < -0.3 is 14.8 Å². The van der Waals surface area contributed by atoms with Crippen molar-refractivity contribution in [3.63, 3.8) is 0 Å². The van der Waals surface area contributed by atoms with Gasteiger partial charge in [-0.2, -0.15) is 0 Å². The molecule has 2 aromatic carbocycles. The van der Waals surface area contributed by atoms with Gasteiger partial charge in [-0.05, 0) is 54.9 Å². The topological polar surface area (TPSA) is 30.5 Å².